The molecule has 0 bridgehead atoms. The van der Waals surface area contributed by atoms with Crippen molar-refractivity contribution in [1.82, 2.24) is 4.90 Å². The minimum atomic E-state index is -0.443. The standard InChI is InChI=1S/C20H21NO3/c1-14-6-5-9-18(15(14)2)20(23)24-13-19(22)21-11-10-16-7-3-4-8-17(16)12-21/h3-9H,10-13H2,1-2H3. The first-order valence-corrected chi connectivity index (χ1v) is 8.14. The van der Waals surface area contributed by atoms with Crippen LogP contribution in [0.5, 0.6) is 0 Å². The molecule has 2 aromatic carbocycles. The summed E-state index contributed by atoms with van der Waals surface area (Å²) < 4.78 is 5.24. The summed E-state index contributed by atoms with van der Waals surface area (Å²) in [6.07, 6.45) is 0.840. The smallest absolute Gasteiger partial charge is 0.338 e. The molecule has 0 N–H and O–H groups in total. The molecule has 1 heterocycles. The van der Waals surface area contributed by atoms with Crippen molar-refractivity contribution in [3.8, 4) is 0 Å². The number of amides is 1. The SMILES string of the molecule is Cc1cccc(C(=O)OCC(=O)N2CCc3ccccc3C2)c1C. The number of esters is 1. The average Bonchev–Trinajstić information content (AvgIpc) is 2.61. The highest BCUT2D eigenvalue weighted by molar-refractivity contribution is 5.93. The molecule has 124 valence electrons. The second-order valence-corrected chi connectivity index (χ2v) is 6.16. The number of fused-ring (bicyclic) bond motifs is 1. The maximum Gasteiger partial charge on any atom is 0.338 e. The van der Waals surface area contributed by atoms with E-state index >= 15 is 0 Å². The third kappa shape index (κ3) is 3.32. The van der Waals surface area contributed by atoms with Gasteiger partial charge in [0.05, 0.1) is 5.56 Å². The Morgan fingerprint density at radius 2 is 1.79 bits per heavy atom. The molecule has 3 rings (SSSR count). The summed E-state index contributed by atoms with van der Waals surface area (Å²) in [5, 5.41) is 0. The number of carbonyl (C=O) groups excluding carboxylic acids is 2. The largest absolute Gasteiger partial charge is 0.452 e. The fourth-order valence-electron chi connectivity index (χ4n) is 2.98. The monoisotopic (exact) mass is 323 g/mol. The van der Waals surface area contributed by atoms with Gasteiger partial charge >= 0.3 is 5.97 Å². The highest BCUT2D eigenvalue weighted by Gasteiger charge is 2.22. The van der Waals surface area contributed by atoms with E-state index < -0.39 is 5.97 Å². The summed E-state index contributed by atoms with van der Waals surface area (Å²) in [6, 6.07) is 13.6. The van der Waals surface area contributed by atoms with Crippen molar-refractivity contribution in [3.63, 3.8) is 0 Å². The molecule has 2 aromatic rings. The van der Waals surface area contributed by atoms with Gasteiger partial charge in [-0.1, -0.05) is 36.4 Å². The van der Waals surface area contributed by atoms with Crippen LogP contribution in [0.25, 0.3) is 0 Å². The van der Waals surface area contributed by atoms with Gasteiger partial charge in [0.15, 0.2) is 6.61 Å². The van der Waals surface area contributed by atoms with Gasteiger partial charge in [-0.2, -0.15) is 0 Å². The molecule has 1 amide bonds. The first-order chi connectivity index (χ1) is 11.6. The van der Waals surface area contributed by atoms with Crippen molar-refractivity contribution in [2.75, 3.05) is 13.2 Å². The molecule has 0 fully saturated rings. The highest BCUT2D eigenvalue weighted by atomic mass is 16.5. The molecular formula is C20H21NO3. The van der Waals surface area contributed by atoms with Crippen LogP contribution in [0.4, 0.5) is 0 Å². The summed E-state index contributed by atoms with van der Waals surface area (Å²) in [6.45, 7) is 4.86. The molecule has 0 aliphatic carbocycles. The molecule has 24 heavy (non-hydrogen) atoms. The van der Waals surface area contributed by atoms with E-state index in [-0.39, 0.29) is 12.5 Å². The van der Waals surface area contributed by atoms with E-state index in [1.807, 2.05) is 44.2 Å². The van der Waals surface area contributed by atoms with Gasteiger partial charge in [0.1, 0.15) is 0 Å². The van der Waals surface area contributed by atoms with E-state index in [1.165, 1.54) is 5.56 Å². The summed E-state index contributed by atoms with van der Waals surface area (Å²) in [5.74, 6) is -0.592. The molecule has 0 aromatic heterocycles. The normalized spacial score (nSPS) is 13.3. The lowest BCUT2D eigenvalue weighted by Gasteiger charge is -2.28. The van der Waals surface area contributed by atoms with Crippen LogP contribution in [0.15, 0.2) is 42.5 Å². The van der Waals surface area contributed by atoms with E-state index in [1.54, 1.807) is 11.0 Å². The van der Waals surface area contributed by atoms with Crippen LogP contribution in [0.3, 0.4) is 0 Å². The van der Waals surface area contributed by atoms with E-state index in [2.05, 4.69) is 6.07 Å². The van der Waals surface area contributed by atoms with Crippen LogP contribution in [-0.2, 0) is 22.5 Å². The maximum absolute atomic E-state index is 12.3. The third-order valence-corrected chi connectivity index (χ3v) is 4.63. The minimum Gasteiger partial charge on any atom is -0.452 e. The Morgan fingerprint density at radius 1 is 1.04 bits per heavy atom. The van der Waals surface area contributed by atoms with E-state index in [0.717, 1.165) is 23.1 Å². The molecule has 0 radical (unpaired) electrons. The average molecular weight is 323 g/mol. The summed E-state index contributed by atoms with van der Waals surface area (Å²) in [4.78, 5) is 26.3. The lowest BCUT2D eigenvalue weighted by Crippen LogP contribution is -2.38. The molecule has 0 saturated carbocycles. The fourth-order valence-corrected chi connectivity index (χ4v) is 2.98. The van der Waals surface area contributed by atoms with Crippen molar-refractivity contribution >= 4 is 11.9 Å². The fraction of sp³-hybridized carbons (Fsp3) is 0.300. The second kappa shape index (κ2) is 6.87. The quantitative estimate of drug-likeness (QED) is 0.816. The molecule has 0 atom stereocenters. The first kappa shape index (κ1) is 16.2. The number of nitrogens with zero attached hydrogens (tertiary/aromatic N) is 1. The first-order valence-electron chi connectivity index (χ1n) is 8.14. The van der Waals surface area contributed by atoms with Crippen LogP contribution in [0.2, 0.25) is 0 Å². The molecule has 1 aliphatic heterocycles. The maximum atomic E-state index is 12.3. The van der Waals surface area contributed by atoms with Crippen molar-refractivity contribution in [2.45, 2.75) is 26.8 Å². The zero-order valence-electron chi connectivity index (χ0n) is 14.0. The van der Waals surface area contributed by atoms with Gasteiger partial charge in [-0.05, 0) is 48.6 Å². The van der Waals surface area contributed by atoms with E-state index in [9.17, 15) is 9.59 Å². The second-order valence-electron chi connectivity index (χ2n) is 6.16. The highest BCUT2D eigenvalue weighted by Crippen LogP contribution is 2.19. The summed E-state index contributed by atoms with van der Waals surface area (Å²) >= 11 is 0. The van der Waals surface area contributed by atoms with Crippen LogP contribution in [0, 0.1) is 13.8 Å². The molecule has 0 saturated heterocycles. The Hall–Kier alpha value is -2.62. The predicted octanol–water partition coefficient (Wildman–Crippen LogP) is 3.05. The van der Waals surface area contributed by atoms with Crippen molar-refractivity contribution in [1.29, 1.82) is 0 Å². The Balaban J connectivity index is 1.60. The van der Waals surface area contributed by atoms with Crippen molar-refractivity contribution in [3.05, 3.63) is 70.3 Å². The van der Waals surface area contributed by atoms with Gasteiger partial charge in [-0.15, -0.1) is 0 Å². The van der Waals surface area contributed by atoms with E-state index in [4.69, 9.17) is 4.74 Å². The Labute approximate surface area is 142 Å². The van der Waals surface area contributed by atoms with Crippen molar-refractivity contribution < 1.29 is 14.3 Å². The van der Waals surface area contributed by atoms with Gasteiger partial charge in [-0.3, -0.25) is 4.79 Å². The number of benzene rings is 2. The van der Waals surface area contributed by atoms with E-state index in [0.29, 0.717) is 18.7 Å². The number of aryl methyl sites for hydroxylation is 1. The molecule has 1 aliphatic rings. The van der Waals surface area contributed by atoms with Crippen LogP contribution in [-0.4, -0.2) is 29.9 Å². The topological polar surface area (TPSA) is 46.6 Å². The van der Waals surface area contributed by atoms with Gasteiger partial charge in [-0.25, -0.2) is 4.79 Å². The number of hydrogen-bond donors (Lipinski definition) is 0. The number of hydrogen-bond acceptors (Lipinski definition) is 3. The summed E-state index contributed by atoms with van der Waals surface area (Å²) in [5.41, 5.74) is 4.89. The lowest BCUT2D eigenvalue weighted by molar-refractivity contribution is -0.135. The summed E-state index contributed by atoms with van der Waals surface area (Å²) in [7, 11) is 0. The van der Waals surface area contributed by atoms with Gasteiger partial charge in [0.2, 0.25) is 0 Å². The molecule has 4 nitrogen and oxygen atoms in total. The van der Waals surface area contributed by atoms with Gasteiger partial charge in [0.25, 0.3) is 5.91 Å². The number of carbonyl (C=O) groups is 2. The lowest BCUT2D eigenvalue weighted by atomic mass is 10.00. The van der Waals surface area contributed by atoms with Crippen LogP contribution >= 0.6 is 0 Å². The Kier molecular flexibility index (Phi) is 4.65. The zero-order valence-corrected chi connectivity index (χ0v) is 14.0. The van der Waals surface area contributed by atoms with Crippen LogP contribution < -0.4 is 0 Å². The number of ether oxygens (including phenoxy) is 1. The van der Waals surface area contributed by atoms with Gasteiger partial charge < -0.3 is 9.64 Å². The molecular weight excluding hydrogens is 302 g/mol. The van der Waals surface area contributed by atoms with Crippen molar-refractivity contribution in [2.24, 2.45) is 0 Å². The zero-order chi connectivity index (χ0) is 17.1. The van der Waals surface area contributed by atoms with Gasteiger partial charge in [0, 0.05) is 13.1 Å². The van der Waals surface area contributed by atoms with Crippen LogP contribution in [0.1, 0.15) is 32.6 Å². The molecule has 0 unspecified atom stereocenters. The Morgan fingerprint density at radius 3 is 2.58 bits per heavy atom. The molecule has 0 spiro atoms. The third-order valence-electron chi connectivity index (χ3n) is 4.63. The Bertz CT molecular complexity index is 782. The predicted molar refractivity (Wildman–Crippen MR) is 91.8 cm³/mol. The minimum absolute atomic E-state index is 0.150. The molecule has 4 heteroatoms. The number of rotatable bonds is 3.